The van der Waals surface area contributed by atoms with Gasteiger partial charge in [0.1, 0.15) is 5.69 Å². The van der Waals surface area contributed by atoms with Gasteiger partial charge >= 0.3 is 0 Å². The van der Waals surface area contributed by atoms with Crippen LogP contribution in [0.25, 0.3) is 11.3 Å². The molecule has 0 radical (unpaired) electrons. The second kappa shape index (κ2) is 5.05. The van der Waals surface area contributed by atoms with Crippen LogP contribution in [0.2, 0.25) is 0 Å². The fourth-order valence-corrected chi connectivity index (χ4v) is 1.94. The number of nitrogens with one attached hydrogen (secondary N) is 1. The van der Waals surface area contributed by atoms with Crippen molar-refractivity contribution in [2.24, 2.45) is 0 Å². The van der Waals surface area contributed by atoms with E-state index in [-0.39, 0.29) is 5.88 Å². The molecule has 0 bridgehead atoms. The molecule has 5 nitrogen and oxygen atoms in total. The summed E-state index contributed by atoms with van der Waals surface area (Å²) < 4.78 is 27.2. The normalized spacial score (nSPS) is 10.3. The molecule has 0 aliphatic heterocycles. The molecule has 0 amide bonds. The summed E-state index contributed by atoms with van der Waals surface area (Å²) in [5.74, 6) is 0.0150. The minimum Gasteiger partial charge on any atom is -0.476 e. The van der Waals surface area contributed by atoms with Gasteiger partial charge in [-0.15, -0.1) is 0 Å². The molecule has 17 heavy (non-hydrogen) atoms. The molecular weight excluding hydrogens is 243 g/mol. The van der Waals surface area contributed by atoms with Crippen molar-refractivity contribution in [1.29, 1.82) is 0 Å². The van der Waals surface area contributed by atoms with E-state index in [9.17, 15) is 4.39 Å². The first-order valence-electron chi connectivity index (χ1n) is 5.06. The molecule has 2 rings (SSSR count). The third kappa shape index (κ3) is 2.19. The van der Waals surface area contributed by atoms with Crippen molar-refractivity contribution in [3.63, 3.8) is 0 Å². The van der Waals surface area contributed by atoms with Crippen LogP contribution in [-0.2, 0) is 0 Å². The van der Waals surface area contributed by atoms with E-state index in [4.69, 9.17) is 4.74 Å². The van der Waals surface area contributed by atoms with Crippen molar-refractivity contribution in [1.82, 2.24) is 13.7 Å². The van der Waals surface area contributed by atoms with Crippen LogP contribution in [0.3, 0.4) is 0 Å². The average molecular weight is 254 g/mol. The lowest BCUT2D eigenvalue weighted by Gasteiger charge is -2.06. The standard InChI is InChI=1S/C10H11FN4OS/c1-3-16-10-7(11)6(4-5-13-10)8-9(12-2)15-17-14-8/h4-5H,3H2,1-2H3,(H,12,15). The number of halogens is 1. The van der Waals surface area contributed by atoms with E-state index < -0.39 is 5.82 Å². The lowest BCUT2D eigenvalue weighted by Crippen LogP contribution is -2.00. The Morgan fingerprint density at radius 1 is 1.47 bits per heavy atom. The Morgan fingerprint density at radius 2 is 2.29 bits per heavy atom. The van der Waals surface area contributed by atoms with Gasteiger partial charge in [-0.05, 0) is 13.0 Å². The van der Waals surface area contributed by atoms with Gasteiger partial charge in [0.2, 0.25) is 0 Å². The second-order valence-corrected chi connectivity index (χ2v) is 3.65. The first kappa shape index (κ1) is 11.7. The van der Waals surface area contributed by atoms with Crippen molar-refractivity contribution < 1.29 is 9.13 Å². The maximum absolute atomic E-state index is 14.1. The largest absolute Gasteiger partial charge is 0.476 e. The van der Waals surface area contributed by atoms with Crippen LogP contribution < -0.4 is 10.1 Å². The highest BCUT2D eigenvalue weighted by Crippen LogP contribution is 2.30. The van der Waals surface area contributed by atoms with Gasteiger partial charge in [-0.2, -0.15) is 8.75 Å². The van der Waals surface area contributed by atoms with E-state index in [0.29, 0.717) is 23.7 Å². The van der Waals surface area contributed by atoms with Gasteiger partial charge in [0.05, 0.1) is 18.3 Å². The Bertz CT molecular complexity index is 517. The SMILES string of the molecule is CCOc1nccc(-c2nsnc2NC)c1F. The molecule has 0 fully saturated rings. The van der Waals surface area contributed by atoms with Crippen molar-refractivity contribution in [2.45, 2.75) is 6.92 Å². The fourth-order valence-electron chi connectivity index (χ4n) is 1.37. The van der Waals surface area contributed by atoms with Gasteiger partial charge in [-0.3, -0.25) is 0 Å². The Labute approximate surface area is 102 Å². The zero-order chi connectivity index (χ0) is 12.3. The topological polar surface area (TPSA) is 59.9 Å². The lowest BCUT2D eigenvalue weighted by atomic mass is 10.2. The van der Waals surface area contributed by atoms with Crippen molar-refractivity contribution in [2.75, 3.05) is 19.0 Å². The van der Waals surface area contributed by atoms with Crippen molar-refractivity contribution >= 4 is 17.5 Å². The summed E-state index contributed by atoms with van der Waals surface area (Å²) in [7, 11) is 1.71. The van der Waals surface area contributed by atoms with Crippen LogP contribution in [-0.4, -0.2) is 27.4 Å². The van der Waals surface area contributed by atoms with Crippen LogP contribution >= 0.6 is 11.7 Å². The first-order chi connectivity index (χ1) is 8.27. The Morgan fingerprint density at radius 3 is 3.00 bits per heavy atom. The highest BCUT2D eigenvalue weighted by molar-refractivity contribution is 6.99. The van der Waals surface area contributed by atoms with Gasteiger partial charge in [-0.25, -0.2) is 9.37 Å². The van der Waals surface area contributed by atoms with E-state index in [1.54, 1.807) is 20.0 Å². The molecular formula is C10H11FN4OS. The highest BCUT2D eigenvalue weighted by atomic mass is 32.1. The van der Waals surface area contributed by atoms with Crippen LogP contribution in [0.4, 0.5) is 10.2 Å². The minimum atomic E-state index is -0.515. The van der Waals surface area contributed by atoms with Crippen LogP contribution in [0.5, 0.6) is 5.88 Å². The molecule has 1 N–H and O–H groups in total. The fraction of sp³-hybridized carbons (Fsp3) is 0.300. The van der Waals surface area contributed by atoms with Crippen LogP contribution in [0.1, 0.15) is 6.92 Å². The van der Waals surface area contributed by atoms with Crippen LogP contribution in [0, 0.1) is 5.82 Å². The molecule has 2 heterocycles. The number of anilines is 1. The van der Waals surface area contributed by atoms with E-state index in [1.807, 2.05) is 0 Å². The number of ether oxygens (including phenoxy) is 1. The summed E-state index contributed by atoms with van der Waals surface area (Å²) in [4.78, 5) is 3.83. The van der Waals surface area contributed by atoms with E-state index in [0.717, 1.165) is 11.7 Å². The number of hydrogen-bond acceptors (Lipinski definition) is 6. The number of nitrogens with zero attached hydrogens (tertiary/aromatic N) is 3. The summed E-state index contributed by atoms with van der Waals surface area (Å²) in [6, 6.07) is 1.55. The number of pyridine rings is 1. The Balaban J connectivity index is 2.49. The third-order valence-electron chi connectivity index (χ3n) is 2.12. The third-order valence-corrected chi connectivity index (χ3v) is 2.65. The van der Waals surface area contributed by atoms with Gasteiger partial charge in [-0.1, -0.05) is 0 Å². The summed E-state index contributed by atoms with van der Waals surface area (Å²) in [6.45, 7) is 2.14. The zero-order valence-electron chi connectivity index (χ0n) is 9.40. The summed E-state index contributed by atoms with van der Waals surface area (Å²) in [5, 5.41) is 2.86. The van der Waals surface area contributed by atoms with Crippen molar-refractivity contribution in [3.05, 3.63) is 18.1 Å². The van der Waals surface area contributed by atoms with E-state index in [2.05, 4.69) is 19.0 Å². The molecule has 0 aliphatic carbocycles. The molecule has 2 aromatic rings. The lowest BCUT2D eigenvalue weighted by molar-refractivity contribution is 0.308. The maximum Gasteiger partial charge on any atom is 0.251 e. The van der Waals surface area contributed by atoms with Gasteiger partial charge < -0.3 is 10.1 Å². The Hall–Kier alpha value is -1.76. The monoisotopic (exact) mass is 254 g/mol. The van der Waals surface area contributed by atoms with E-state index >= 15 is 0 Å². The molecule has 0 unspecified atom stereocenters. The van der Waals surface area contributed by atoms with Gasteiger partial charge in [0, 0.05) is 18.8 Å². The molecule has 7 heteroatoms. The molecule has 0 spiro atoms. The highest BCUT2D eigenvalue weighted by Gasteiger charge is 2.17. The average Bonchev–Trinajstić information content (AvgIpc) is 2.80. The molecule has 2 aromatic heterocycles. The van der Waals surface area contributed by atoms with Gasteiger partial charge in [0.15, 0.2) is 11.6 Å². The molecule has 0 saturated heterocycles. The smallest absolute Gasteiger partial charge is 0.251 e. The number of aromatic nitrogens is 3. The molecule has 0 saturated carbocycles. The predicted octanol–water partition coefficient (Wildman–Crippen LogP) is 2.18. The van der Waals surface area contributed by atoms with E-state index in [1.165, 1.54) is 6.20 Å². The molecule has 0 aliphatic rings. The summed E-state index contributed by atoms with van der Waals surface area (Å²) in [6.07, 6.45) is 1.49. The summed E-state index contributed by atoms with van der Waals surface area (Å²) in [5.41, 5.74) is 0.805. The second-order valence-electron chi connectivity index (χ2n) is 3.12. The molecule has 0 atom stereocenters. The minimum absolute atomic E-state index is 0.0138. The molecule has 90 valence electrons. The molecule has 0 aromatic carbocycles. The quantitative estimate of drug-likeness (QED) is 0.906. The first-order valence-corrected chi connectivity index (χ1v) is 5.79. The van der Waals surface area contributed by atoms with Crippen molar-refractivity contribution in [3.8, 4) is 17.1 Å². The Kier molecular flexibility index (Phi) is 3.48. The van der Waals surface area contributed by atoms with Crippen LogP contribution in [0.15, 0.2) is 12.3 Å². The zero-order valence-corrected chi connectivity index (χ0v) is 10.2. The predicted molar refractivity (Wildman–Crippen MR) is 63.8 cm³/mol. The number of rotatable bonds is 4. The maximum atomic E-state index is 14.1. The number of hydrogen-bond donors (Lipinski definition) is 1. The van der Waals surface area contributed by atoms with Gasteiger partial charge in [0.25, 0.3) is 5.88 Å². The summed E-state index contributed by atoms with van der Waals surface area (Å²) >= 11 is 1.02.